The van der Waals surface area contributed by atoms with Crippen LogP contribution in [0.5, 0.6) is 0 Å². The molecule has 0 radical (unpaired) electrons. The van der Waals surface area contributed by atoms with Gasteiger partial charge in [-0.15, -0.1) is 0 Å². The molecule has 1 aliphatic heterocycles. The number of aromatic nitrogens is 4. The third-order valence-corrected chi connectivity index (χ3v) is 6.42. The van der Waals surface area contributed by atoms with Crippen molar-refractivity contribution in [1.29, 1.82) is 0 Å². The van der Waals surface area contributed by atoms with Crippen LogP contribution in [0, 0.1) is 11.8 Å². The van der Waals surface area contributed by atoms with E-state index in [0.29, 0.717) is 29.2 Å². The van der Waals surface area contributed by atoms with Gasteiger partial charge < -0.3 is 19.6 Å². The molecule has 0 unspecified atom stereocenters. The molecular formula is C20H22ClN5O2. The quantitative estimate of drug-likeness (QED) is 0.708. The average molecular weight is 400 g/mol. The van der Waals surface area contributed by atoms with Crippen molar-refractivity contribution < 1.29 is 9.90 Å². The molecule has 2 N–H and O–H groups in total. The Morgan fingerprint density at radius 3 is 2.89 bits per heavy atom. The van der Waals surface area contributed by atoms with Crippen LogP contribution in [0.4, 0.5) is 0 Å². The van der Waals surface area contributed by atoms with Crippen molar-refractivity contribution in [2.24, 2.45) is 11.8 Å². The van der Waals surface area contributed by atoms with Gasteiger partial charge in [0.2, 0.25) is 5.91 Å². The van der Waals surface area contributed by atoms with Crippen molar-refractivity contribution in [3.05, 3.63) is 47.8 Å². The van der Waals surface area contributed by atoms with E-state index in [1.807, 2.05) is 27.8 Å². The molecule has 28 heavy (non-hydrogen) atoms. The van der Waals surface area contributed by atoms with Gasteiger partial charge in [-0.1, -0.05) is 11.6 Å². The third-order valence-electron chi connectivity index (χ3n) is 6.18. The van der Waals surface area contributed by atoms with E-state index in [-0.39, 0.29) is 18.4 Å². The lowest BCUT2D eigenvalue weighted by Crippen LogP contribution is -2.35. The van der Waals surface area contributed by atoms with E-state index in [1.165, 1.54) is 0 Å². The monoisotopic (exact) mass is 399 g/mol. The number of nitrogens with zero attached hydrogens (tertiary/aromatic N) is 4. The van der Waals surface area contributed by atoms with Crippen molar-refractivity contribution in [3.8, 4) is 0 Å². The Morgan fingerprint density at radius 1 is 1.29 bits per heavy atom. The summed E-state index contributed by atoms with van der Waals surface area (Å²) in [4.78, 5) is 26.6. The number of aromatic amines is 1. The second-order valence-electron chi connectivity index (χ2n) is 7.96. The molecule has 0 bridgehead atoms. The summed E-state index contributed by atoms with van der Waals surface area (Å²) in [6.45, 7) is 1.46. The molecule has 4 atom stereocenters. The summed E-state index contributed by atoms with van der Waals surface area (Å²) in [5, 5.41) is 11.2. The van der Waals surface area contributed by atoms with E-state index in [1.54, 1.807) is 18.6 Å². The van der Waals surface area contributed by atoms with E-state index < -0.39 is 6.10 Å². The Hall–Kier alpha value is -2.38. The van der Waals surface area contributed by atoms with Gasteiger partial charge in [0, 0.05) is 30.5 Å². The van der Waals surface area contributed by atoms with Gasteiger partial charge in [-0.25, -0.2) is 9.97 Å². The number of carbonyl (C=O) groups is 1. The number of amides is 1. The van der Waals surface area contributed by atoms with Crippen LogP contribution in [0.25, 0.3) is 11.0 Å². The SMILES string of the molecule is O=C(Cc1nc2ccc(Cl)cc2[nH]1)N1C[C@H]2C[C@@H](n3ccnc3)[C@H](O)C[C@H]2C1. The highest BCUT2D eigenvalue weighted by molar-refractivity contribution is 6.31. The van der Waals surface area contributed by atoms with Crippen molar-refractivity contribution in [3.63, 3.8) is 0 Å². The minimum absolute atomic E-state index is 0.0407. The maximum Gasteiger partial charge on any atom is 0.230 e. The Kier molecular flexibility index (Phi) is 4.36. The second-order valence-corrected chi connectivity index (χ2v) is 8.39. The topological polar surface area (TPSA) is 87.0 Å². The molecule has 1 saturated carbocycles. The van der Waals surface area contributed by atoms with Gasteiger partial charge in [-0.2, -0.15) is 0 Å². The minimum atomic E-state index is -0.398. The molecule has 2 aliphatic rings. The van der Waals surface area contributed by atoms with Crippen LogP contribution < -0.4 is 0 Å². The van der Waals surface area contributed by atoms with Gasteiger partial charge in [0.05, 0.1) is 35.9 Å². The van der Waals surface area contributed by atoms with Crippen molar-refractivity contribution in [2.45, 2.75) is 31.4 Å². The summed E-state index contributed by atoms with van der Waals surface area (Å²) >= 11 is 6.02. The normalized spacial score (nSPS) is 27.3. The number of imidazole rings is 2. The molecule has 8 heteroatoms. The van der Waals surface area contributed by atoms with Crippen molar-refractivity contribution in [2.75, 3.05) is 13.1 Å². The summed E-state index contributed by atoms with van der Waals surface area (Å²) in [5.74, 6) is 1.50. The van der Waals surface area contributed by atoms with Crippen LogP contribution in [0.1, 0.15) is 24.7 Å². The lowest BCUT2D eigenvalue weighted by atomic mass is 9.77. The summed E-state index contributed by atoms with van der Waals surface area (Å²) < 4.78 is 1.99. The molecule has 146 valence electrons. The van der Waals surface area contributed by atoms with Gasteiger partial charge in [0.25, 0.3) is 0 Å². The summed E-state index contributed by atoms with van der Waals surface area (Å²) in [7, 11) is 0. The van der Waals surface area contributed by atoms with Gasteiger partial charge >= 0.3 is 0 Å². The molecule has 2 aromatic heterocycles. The van der Waals surface area contributed by atoms with Crippen LogP contribution in [0.2, 0.25) is 5.02 Å². The molecule has 3 heterocycles. The largest absolute Gasteiger partial charge is 0.391 e. The first kappa shape index (κ1) is 17.7. The predicted molar refractivity (Wildman–Crippen MR) is 105 cm³/mol. The molecule has 1 aromatic carbocycles. The molecular weight excluding hydrogens is 378 g/mol. The second kappa shape index (κ2) is 6.90. The molecule has 0 spiro atoms. The van der Waals surface area contributed by atoms with Crippen LogP contribution in [0.3, 0.4) is 0 Å². The fourth-order valence-corrected chi connectivity index (χ4v) is 4.94. The fourth-order valence-electron chi connectivity index (χ4n) is 4.77. The Morgan fingerprint density at radius 2 is 2.11 bits per heavy atom. The van der Waals surface area contributed by atoms with E-state index in [0.717, 1.165) is 30.4 Å². The minimum Gasteiger partial charge on any atom is -0.391 e. The van der Waals surface area contributed by atoms with Crippen LogP contribution >= 0.6 is 11.6 Å². The maximum absolute atomic E-state index is 12.9. The number of hydrogen-bond acceptors (Lipinski definition) is 4. The van der Waals surface area contributed by atoms with Crippen LogP contribution in [0.15, 0.2) is 36.9 Å². The number of carbonyl (C=O) groups excluding carboxylic acids is 1. The first-order valence-corrected chi connectivity index (χ1v) is 10.0. The third kappa shape index (κ3) is 3.18. The number of halogens is 1. The zero-order valence-corrected chi connectivity index (χ0v) is 16.1. The number of nitrogens with one attached hydrogen (secondary N) is 1. The highest BCUT2D eigenvalue weighted by Gasteiger charge is 2.43. The lowest BCUT2D eigenvalue weighted by Gasteiger charge is -2.35. The molecule has 3 aromatic rings. The number of rotatable bonds is 3. The Bertz CT molecular complexity index is 1000. The standard InChI is InChI=1S/C20H22ClN5O2/c21-14-1-2-15-16(7-14)24-19(23-15)8-20(28)26-9-12-5-17(25-4-3-22-11-25)18(27)6-13(12)10-26/h1-4,7,11-13,17-18,27H,5-6,8-10H2,(H,23,24)/t12-,13+,17-,18-/m1/s1. The molecule has 2 fully saturated rings. The van der Waals surface area contributed by atoms with E-state index in [4.69, 9.17) is 11.6 Å². The predicted octanol–water partition coefficient (Wildman–Crippen LogP) is 2.43. The smallest absolute Gasteiger partial charge is 0.230 e. The number of likely N-dealkylation sites (tertiary alicyclic amines) is 1. The van der Waals surface area contributed by atoms with Crippen molar-refractivity contribution >= 4 is 28.5 Å². The molecule has 7 nitrogen and oxygen atoms in total. The van der Waals surface area contributed by atoms with E-state index in [2.05, 4.69) is 15.0 Å². The maximum atomic E-state index is 12.9. The number of benzene rings is 1. The number of H-pyrrole nitrogens is 1. The molecule has 5 rings (SSSR count). The first-order valence-electron chi connectivity index (χ1n) is 9.64. The number of hydrogen-bond donors (Lipinski definition) is 2. The van der Waals surface area contributed by atoms with E-state index >= 15 is 0 Å². The van der Waals surface area contributed by atoms with Gasteiger partial charge in [0.15, 0.2) is 0 Å². The number of fused-ring (bicyclic) bond motifs is 2. The highest BCUT2D eigenvalue weighted by atomic mass is 35.5. The van der Waals surface area contributed by atoms with Crippen LogP contribution in [-0.2, 0) is 11.2 Å². The van der Waals surface area contributed by atoms with Gasteiger partial charge in [-0.05, 0) is 42.9 Å². The molecule has 1 aliphatic carbocycles. The summed E-state index contributed by atoms with van der Waals surface area (Å²) in [5.41, 5.74) is 1.66. The summed E-state index contributed by atoms with van der Waals surface area (Å²) in [6, 6.07) is 5.51. The fraction of sp³-hybridized carbons (Fsp3) is 0.450. The Labute approximate surface area is 167 Å². The molecule has 1 amide bonds. The van der Waals surface area contributed by atoms with Gasteiger partial charge in [0.1, 0.15) is 5.82 Å². The van der Waals surface area contributed by atoms with E-state index in [9.17, 15) is 9.90 Å². The average Bonchev–Trinajstić information content (AvgIpc) is 3.39. The van der Waals surface area contributed by atoms with Gasteiger partial charge in [-0.3, -0.25) is 4.79 Å². The Balaban J connectivity index is 1.27. The lowest BCUT2D eigenvalue weighted by molar-refractivity contribution is -0.129. The number of aliphatic hydroxyl groups excluding tert-OH is 1. The summed E-state index contributed by atoms with van der Waals surface area (Å²) in [6.07, 6.45) is 6.85. The highest BCUT2D eigenvalue weighted by Crippen LogP contribution is 2.41. The zero-order chi connectivity index (χ0) is 19.3. The zero-order valence-electron chi connectivity index (χ0n) is 15.3. The molecule has 1 saturated heterocycles. The first-order chi connectivity index (χ1) is 13.6. The number of aliphatic hydroxyl groups is 1. The van der Waals surface area contributed by atoms with Crippen molar-refractivity contribution in [1.82, 2.24) is 24.4 Å². The van der Waals surface area contributed by atoms with Crippen LogP contribution in [-0.4, -0.2) is 54.6 Å².